The molecule has 1 nitrogen and oxygen atoms in total. The maximum Gasteiger partial charge on any atom is 0.136 e. The second-order valence-corrected chi connectivity index (χ2v) is 6.58. The zero-order valence-corrected chi connectivity index (χ0v) is 14.0. The Balaban J connectivity index is 1.99. The van der Waals surface area contributed by atoms with Crippen LogP contribution >= 0.6 is 27.7 Å². The number of likely N-dealkylation sites (N-methyl/N-ethyl adjacent to an activating group) is 1. The number of nitrogens with one attached hydrogen (secondary N) is 1. The molecule has 2 aromatic carbocycles. The molecule has 0 saturated heterocycles. The molecular weight excluding hydrogens is 356 g/mol. The summed E-state index contributed by atoms with van der Waals surface area (Å²) in [6.07, 6.45) is 0.749. The molecule has 0 bridgehead atoms. The first-order valence-electron chi connectivity index (χ1n) is 6.58. The normalized spacial score (nSPS) is 12.4. The van der Waals surface area contributed by atoms with E-state index in [1.807, 2.05) is 13.1 Å². The Labute approximate surface area is 136 Å². The van der Waals surface area contributed by atoms with E-state index in [9.17, 15) is 8.78 Å². The van der Waals surface area contributed by atoms with Crippen LogP contribution in [-0.2, 0) is 6.42 Å². The SMILES string of the molecule is CNC(CSc1ccccc1F)Cc1ccc(F)cc1Br. The molecule has 0 aliphatic rings. The molecule has 5 heteroatoms. The van der Waals surface area contributed by atoms with Crippen molar-refractivity contribution < 1.29 is 8.78 Å². The standard InChI is InChI=1S/C16H16BrF2NS/c1-20-13(8-11-6-7-12(18)9-14(11)17)10-21-16-5-3-2-4-15(16)19/h2-7,9,13,20H,8,10H2,1H3. The fourth-order valence-electron chi connectivity index (χ4n) is 1.95. The van der Waals surface area contributed by atoms with Crippen molar-refractivity contribution >= 4 is 27.7 Å². The van der Waals surface area contributed by atoms with Crippen LogP contribution in [0.1, 0.15) is 5.56 Å². The third kappa shape index (κ3) is 4.80. The summed E-state index contributed by atoms with van der Waals surface area (Å²) in [5.74, 6) is 0.286. The molecule has 1 atom stereocenters. The molecule has 112 valence electrons. The van der Waals surface area contributed by atoms with Crippen molar-refractivity contribution in [2.24, 2.45) is 0 Å². The molecule has 0 fully saturated rings. The molecule has 0 radical (unpaired) electrons. The molecule has 0 aliphatic heterocycles. The third-order valence-electron chi connectivity index (χ3n) is 3.17. The third-order valence-corrected chi connectivity index (χ3v) is 5.12. The van der Waals surface area contributed by atoms with Crippen LogP contribution in [0.3, 0.4) is 0 Å². The molecule has 21 heavy (non-hydrogen) atoms. The quantitative estimate of drug-likeness (QED) is 0.741. The van der Waals surface area contributed by atoms with Gasteiger partial charge in [-0.1, -0.05) is 34.1 Å². The summed E-state index contributed by atoms with van der Waals surface area (Å²) >= 11 is 4.86. The van der Waals surface area contributed by atoms with Gasteiger partial charge in [-0.2, -0.15) is 0 Å². The molecule has 1 N–H and O–H groups in total. The predicted molar refractivity (Wildman–Crippen MR) is 87.8 cm³/mol. The highest BCUT2D eigenvalue weighted by Gasteiger charge is 2.12. The molecule has 0 aliphatic carbocycles. The largest absolute Gasteiger partial charge is 0.316 e. The zero-order valence-electron chi connectivity index (χ0n) is 11.6. The number of benzene rings is 2. The van der Waals surface area contributed by atoms with Gasteiger partial charge in [0, 0.05) is 21.2 Å². The van der Waals surface area contributed by atoms with E-state index in [4.69, 9.17) is 0 Å². The van der Waals surface area contributed by atoms with Gasteiger partial charge in [0.1, 0.15) is 11.6 Å². The van der Waals surface area contributed by atoms with Gasteiger partial charge < -0.3 is 5.32 Å². The van der Waals surface area contributed by atoms with Crippen molar-refractivity contribution in [3.63, 3.8) is 0 Å². The van der Waals surface area contributed by atoms with E-state index in [0.717, 1.165) is 22.2 Å². The lowest BCUT2D eigenvalue weighted by molar-refractivity contribution is 0.596. The van der Waals surface area contributed by atoms with Gasteiger partial charge in [0.25, 0.3) is 0 Å². The molecule has 1 unspecified atom stereocenters. The number of hydrogen-bond donors (Lipinski definition) is 1. The Kier molecular flexibility index (Phi) is 6.21. The number of halogens is 3. The van der Waals surface area contributed by atoms with Crippen molar-refractivity contribution in [1.29, 1.82) is 0 Å². The van der Waals surface area contributed by atoms with Crippen LogP contribution in [0, 0.1) is 11.6 Å². The minimum Gasteiger partial charge on any atom is -0.316 e. The Hall–Kier alpha value is -0.910. The average Bonchev–Trinajstić information content (AvgIpc) is 2.47. The number of thioether (sulfide) groups is 1. The van der Waals surface area contributed by atoms with Gasteiger partial charge in [0.2, 0.25) is 0 Å². The van der Waals surface area contributed by atoms with E-state index in [2.05, 4.69) is 21.2 Å². The molecule has 0 heterocycles. The minimum atomic E-state index is -0.257. The Bertz CT molecular complexity index is 607. The fraction of sp³-hybridized carbons (Fsp3) is 0.250. The summed E-state index contributed by atoms with van der Waals surface area (Å²) in [6, 6.07) is 11.6. The second-order valence-electron chi connectivity index (χ2n) is 4.67. The van der Waals surface area contributed by atoms with E-state index >= 15 is 0 Å². The van der Waals surface area contributed by atoms with Crippen molar-refractivity contribution in [2.45, 2.75) is 17.4 Å². The fourth-order valence-corrected chi connectivity index (χ4v) is 3.51. The highest BCUT2D eigenvalue weighted by molar-refractivity contribution is 9.10. The minimum absolute atomic E-state index is 0.177. The summed E-state index contributed by atoms with van der Waals surface area (Å²) in [7, 11) is 1.88. The molecule has 0 amide bonds. The Morgan fingerprint density at radius 1 is 1.19 bits per heavy atom. The molecule has 0 aromatic heterocycles. The van der Waals surface area contributed by atoms with Crippen molar-refractivity contribution in [3.8, 4) is 0 Å². The Morgan fingerprint density at radius 2 is 1.95 bits per heavy atom. The zero-order chi connectivity index (χ0) is 15.2. The van der Waals surface area contributed by atoms with E-state index in [-0.39, 0.29) is 17.7 Å². The predicted octanol–water partition coefficient (Wildman–Crippen LogP) is 4.65. The maximum absolute atomic E-state index is 13.6. The van der Waals surface area contributed by atoms with Crippen molar-refractivity contribution in [2.75, 3.05) is 12.8 Å². The average molecular weight is 372 g/mol. The summed E-state index contributed by atoms with van der Waals surface area (Å²) in [5, 5.41) is 3.22. The monoisotopic (exact) mass is 371 g/mol. The lowest BCUT2D eigenvalue weighted by Gasteiger charge is -2.17. The van der Waals surface area contributed by atoms with E-state index in [1.54, 1.807) is 18.2 Å². The topological polar surface area (TPSA) is 12.0 Å². The van der Waals surface area contributed by atoms with Crippen LogP contribution in [0.2, 0.25) is 0 Å². The Morgan fingerprint density at radius 3 is 2.62 bits per heavy atom. The molecular formula is C16H16BrF2NS. The van der Waals surface area contributed by atoms with E-state index in [1.165, 1.54) is 30.0 Å². The van der Waals surface area contributed by atoms with Gasteiger partial charge in [-0.3, -0.25) is 0 Å². The summed E-state index contributed by atoms with van der Waals surface area (Å²) in [4.78, 5) is 0.649. The van der Waals surface area contributed by atoms with Crippen LogP contribution in [0.25, 0.3) is 0 Å². The summed E-state index contributed by atoms with van der Waals surface area (Å²) in [5.41, 5.74) is 1.03. The first-order valence-corrected chi connectivity index (χ1v) is 8.36. The van der Waals surface area contributed by atoms with Crippen LogP contribution in [0.5, 0.6) is 0 Å². The van der Waals surface area contributed by atoms with Crippen LogP contribution in [-0.4, -0.2) is 18.8 Å². The van der Waals surface area contributed by atoms with Crippen molar-refractivity contribution in [1.82, 2.24) is 5.32 Å². The van der Waals surface area contributed by atoms with E-state index < -0.39 is 0 Å². The molecule has 2 rings (SSSR count). The maximum atomic E-state index is 13.6. The molecule has 0 spiro atoms. The first kappa shape index (κ1) is 16.5. The lowest BCUT2D eigenvalue weighted by Crippen LogP contribution is -2.30. The molecule has 2 aromatic rings. The first-order chi connectivity index (χ1) is 10.1. The second kappa shape index (κ2) is 7.92. The van der Waals surface area contributed by atoms with Gasteiger partial charge in [-0.15, -0.1) is 11.8 Å². The summed E-state index contributed by atoms with van der Waals surface area (Å²) in [6.45, 7) is 0. The van der Waals surface area contributed by atoms with Crippen molar-refractivity contribution in [3.05, 3.63) is 64.1 Å². The molecule has 0 saturated carbocycles. The van der Waals surface area contributed by atoms with Gasteiger partial charge in [-0.05, 0) is 43.3 Å². The van der Waals surface area contributed by atoms with Crippen LogP contribution in [0.4, 0.5) is 8.78 Å². The van der Waals surface area contributed by atoms with Crippen LogP contribution in [0.15, 0.2) is 51.8 Å². The van der Waals surface area contributed by atoms with Gasteiger partial charge in [0.15, 0.2) is 0 Å². The van der Waals surface area contributed by atoms with Gasteiger partial charge in [0.05, 0.1) is 0 Å². The lowest BCUT2D eigenvalue weighted by atomic mass is 10.1. The highest BCUT2D eigenvalue weighted by atomic mass is 79.9. The van der Waals surface area contributed by atoms with E-state index in [0.29, 0.717) is 4.90 Å². The van der Waals surface area contributed by atoms with Gasteiger partial charge in [-0.25, -0.2) is 8.78 Å². The number of rotatable bonds is 6. The smallest absolute Gasteiger partial charge is 0.136 e. The van der Waals surface area contributed by atoms with Gasteiger partial charge >= 0.3 is 0 Å². The summed E-state index contributed by atoms with van der Waals surface area (Å²) < 4.78 is 27.4. The van der Waals surface area contributed by atoms with Crippen LogP contribution < -0.4 is 5.32 Å². The number of hydrogen-bond acceptors (Lipinski definition) is 2. The highest BCUT2D eigenvalue weighted by Crippen LogP contribution is 2.24.